The van der Waals surface area contributed by atoms with Crippen molar-refractivity contribution in [1.82, 2.24) is 4.98 Å². The number of hydrogen-bond donors (Lipinski definition) is 1. The van der Waals surface area contributed by atoms with Crippen LogP contribution in [-0.4, -0.2) is 11.5 Å². The molecule has 0 spiro atoms. The van der Waals surface area contributed by atoms with Crippen molar-refractivity contribution in [2.75, 3.05) is 6.54 Å². The number of aromatic nitrogens is 1. The van der Waals surface area contributed by atoms with Crippen LogP contribution in [0, 0.1) is 6.92 Å². The Morgan fingerprint density at radius 2 is 2.12 bits per heavy atom. The van der Waals surface area contributed by atoms with Crippen molar-refractivity contribution in [3.8, 4) is 0 Å². The van der Waals surface area contributed by atoms with Gasteiger partial charge in [-0.25, -0.2) is 4.98 Å². The predicted octanol–water partition coefficient (Wildman–Crippen LogP) is 3.19. The van der Waals surface area contributed by atoms with Gasteiger partial charge in [-0.3, -0.25) is 0 Å². The summed E-state index contributed by atoms with van der Waals surface area (Å²) in [6, 6.07) is 8.50. The third kappa shape index (κ3) is 1.72. The van der Waals surface area contributed by atoms with Gasteiger partial charge in [-0.2, -0.15) is 0 Å². The molecule has 1 aliphatic rings. The van der Waals surface area contributed by atoms with Gasteiger partial charge in [0.1, 0.15) is 5.15 Å². The first-order valence-electron chi connectivity index (χ1n) is 5.92. The van der Waals surface area contributed by atoms with Crippen LogP contribution in [-0.2, 0) is 5.41 Å². The summed E-state index contributed by atoms with van der Waals surface area (Å²) in [5.41, 5.74) is 9.42. The van der Waals surface area contributed by atoms with E-state index in [-0.39, 0.29) is 5.41 Å². The molecule has 2 N–H and O–H groups in total. The first-order valence-corrected chi connectivity index (χ1v) is 6.30. The van der Waals surface area contributed by atoms with E-state index in [1.165, 1.54) is 18.4 Å². The summed E-state index contributed by atoms with van der Waals surface area (Å²) >= 11 is 6.03. The monoisotopic (exact) mass is 246 g/mol. The van der Waals surface area contributed by atoms with E-state index < -0.39 is 0 Å². The summed E-state index contributed by atoms with van der Waals surface area (Å²) in [6.45, 7) is 2.72. The van der Waals surface area contributed by atoms with Gasteiger partial charge >= 0.3 is 0 Å². The van der Waals surface area contributed by atoms with Crippen LogP contribution in [0.4, 0.5) is 0 Å². The fourth-order valence-electron chi connectivity index (χ4n) is 2.35. The van der Waals surface area contributed by atoms with Crippen molar-refractivity contribution >= 4 is 22.5 Å². The minimum Gasteiger partial charge on any atom is -0.330 e. The van der Waals surface area contributed by atoms with E-state index in [9.17, 15) is 0 Å². The molecule has 1 aliphatic carbocycles. The topological polar surface area (TPSA) is 38.9 Å². The van der Waals surface area contributed by atoms with Crippen LogP contribution in [0.5, 0.6) is 0 Å². The van der Waals surface area contributed by atoms with Crippen molar-refractivity contribution in [2.45, 2.75) is 25.2 Å². The number of aryl methyl sites for hydroxylation is 1. The first-order chi connectivity index (χ1) is 8.14. The smallest absolute Gasteiger partial charge is 0.132 e. The van der Waals surface area contributed by atoms with E-state index in [0.717, 1.165) is 23.0 Å². The molecule has 0 bridgehead atoms. The Kier molecular flexibility index (Phi) is 2.39. The van der Waals surface area contributed by atoms with Gasteiger partial charge in [-0.05, 0) is 49.1 Å². The molecule has 88 valence electrons. The average molecular weight is 247 g/mol. The van der Waals surface area contributed by atoms with Gasteiger partial charge < -0.3 is 5.73 Å². The van der Waals surface area contributed by atoms with Gasteiger partial charge in [0.25, 0.3) is 0 Å². The summed E-state index contributed by atoms with van der Waals surface area (Å²) in [5, 5.41) is 1.74. The Morgan fingerprint density at radius 3 is 2.76 bits per heavy atom. The molecule has 1 fully saturated rings. The molecule has 0 amide bonds. The second-order valence-corrected chi connectivity index (χ2v) is 5.35. The third-order valence-electron chi connectivity index (χ3n) is 3.80. The van der Waals surface area contributed by atoms with Crippen LogP contribution in [0.25, 0.3) is 10.9 Å². The minimum atomic E-state index is 0.238. The zero-order valence-corrected chi connectivity index (χ0v) is 10.6. The average Bonchev–Trinajstić information content (AvgIpc) is 3.11. The summed E-state index contributed by atoms with van der Waals surface area (Å²) in [6.07, 6.45) is 2.41. The number of rotatable bonds is 2. The molecule has 0 saturated heterocycles. The van der Waals surface area contributed by atoms with Crippen molar-refractivity contribution < 1.29 is 0 Å². The van der Waals surface area contributed by atoms with E-state index >= 15 is 0 Å². The van der Waals surface area contributed by atoms with E-state index in [0.29, 0.717) is 5.15 Å². The van der Waals surface area contributed by atoms with Gasteiger partial charge in [0, 0.05) is 17.3 Å². The lowest BCUT2D eigenvalue weighted by molar-refractivity contribution is 0.706. The quantitative estimate of drug-likeness (QED) is 0.827. The van der Waals surface area contributed by atoms with Crippen molar-refractivity contribution in [3.05, 3.63) is 40.5 Å². The van der Waals surface area contributed by atoms with Gasteiger partial charge in [0.15, 0.2) is 0 Å². The Labute approximate surface area is 106 Å². The van der Waals surface area contributed by atoms with E-state index in [4.69, 9.17) is 17.3 Å². The Morgan fingerprint density at radius 1 is 1.35 bits per heavy atom. The number of fused-ring (bicyclic) bond motifs is 1. The Bertz CT molecular complexity index is 588. The summed E-state index contributed by atoms with van der Waals surface area (Å²) in [7, 11) is 0. The number of halogens is 1. The minimum absolute atomic E-state index is 0.238. The first kappa shape index (κ1) is 11.0. The highest BCUT2D eigenvalue weighted by atomic mass is 35.5. The summed E-state index contributed by atoms with van der Waals surface area (Å²) < 4.78 is 0. The SMILES string of the molecule is Cc1cc2cc(C3(CN)CC3)ccc2nc1Cl. The maximum atomic E-state index is 6.03. The fraction of sp³-hybridized carbons (Fsp3) is 0.357. The van der Waals surface area contributed by atoms with Crippen LogP contribution in [0.2, 0.25) is 5.15 Å². The molecular formula is C14H15ClN2. The number of hydrogen-bond acceptors (Lipinski definition) is 2. The second-order valence-electron chi connectivity index (χ2n) is 4.99. The molecule has 3 heteroatoms. The van der Waals surface area contributed by atoms with Crippen molar-refractivity contribution in [3.63, 3.8) is 0 Å². The molecule has 17 heavy (non-hydrogen) atoms. The zero-order chi connectivity index (χ0) is 12.0. The maximum absolute atomic E-state index is 6.03. The maximum Gasteiger partial charge on any atom is 0.132 e. The number of pyridine rings is 1. The molecule has 1 aromatic carbocycles. The molecule has 0 radical (unpaired) electrons. The molecule has 1 aromatic heterocycles. The number of nitrogens with zero attached hydrogens (tertiary/aromatic N) is 1. The number of nitrogens with two attached hydrogens (primary N) is 1. The standard InChI is InChI=1S/C14H15ClN2/c1-9-6-10-7-11(14(8-16)4-5-14)2-3-12(10)17-13(9)15/h2-3,6-7H,4-5,8,16H2,1H3. The van der Waals surface area contributed by atoms with Crippen molar-refractivity contribution in [1.29, 1.82) is 0 Å². The second kappa shape index (κ2) is 3.69. The Hall–Kier alpha value is -1.12. The fourth-order valence-corrected chi connectivity index (χ4v) is 2.50. The molecule has 1 heterocycles. The lowest BCUT2D eigenvalue weighted by Gasteiger charge is -2.13. The molecular weight excluding hydrogens is 232 g/mol. The predicted molar refractivity (Wildman–Crippen MR) is 71.5 cm³/mol. The molecule has 0 atom stereocenters. The Balaban J connectivity index is 2.16. The molecule has 0 aliphatic heterocycles. The van der Waals surface area contributed by atoms with Gasteiger partial charge in [0.2, 0.25) is 0 Å². The molecule has 0 unspecified atom stereocenters. The lowest BCUT2D eigenvalue weighted by Crippen LogP contribution is -2.19. The van der Waals surface area contributed by atoms with E-state index in [1.807, 2.05) is 13.0 Å². The van der Waals surface area contributed by atoms with E-state index in [2.05, 4.69) is 23.2 Å². The van der Waals surface area contributed by atoms with Crippen LogP contribution < -0.4 is 5.73 Å². The normalized spacial score (nSPS) is 17.4. The summed E-state index contributed by atoms with van der Waals surface area (Å²) in [5.74, 6) is 0. The third-order valence-corrected chi connectivity index (χ3v) is 4.18. The lowest BCUT2D eigenvalue weighted by atomic mass is 9.94. The highest BCUT2D eigenvalue weighted by Gasteiger charge is 2.42. The molecule has 2 aromatic rings. The van der Waals surface area contributed by atoms with Crippen LogP contribution in [0.3, 0.4) is 0 Å². The largest absolute Gasteiger partial charge is 0.330 e. The molecule has 2 nitrogen and oxygen atoms in total. The molecule has 1 saturated carbocycles. The highest BCUT2D eigenvalue weighted by Crippen LogP contribution is 2.47. The molecule has 3 rings (SSSR count). The van der Waals surface area contributed by atoms with Gasteiger partial charge in [-0.1, -0.05) is 17.7 Å². The van der Waals surface area contributed by atoms with Crippen molar-refractivity contribution in [2.24, 2.45) is 5.73 Å². The van der Waals surface area contributed by atoms with Gasteiger partial charge in [-0.15, -0.1) is 0 Å². The van der Waals surface area contributed by atoms with Crippen LogP contribution in [0.1, 0.15) is 24.0 Å². The summed E-state index contributed by atoms with van der Waals surface area (Å²) in [4.78, 5) is 4.38. The number of benzene rings is 1. The van der Waals surface area contributed by atoms with Crippen LogP contribution >= 0.6 is 11.6 Å². The zero-order valence-electron chi connectivity index (χ0n) is 9.83. The van der Waals surface area contributed by atoms with Gasteiger partial charge in [0.05, 0.1) is 5.52 Å². The van der Waals surface area contributed by atoms with E-state index in [1.54, 1.807) is 0 Å². The highest BCUT2D eigenvalue weighted by molar-refractivity contribution is 6.30. The van der Waals surface area contributed by atoms with Crippen LogP contribution in [0.15, 0.2) is 24.3 Å².